The molecular weight excluding hydrogens is 268 g/mol. The minimum absolute atomic E-state index is 0.226. The standard InChI is InChI=1S/C17H16O4/c1-10-9-14(16(18)19)11(2)12(3)15(10)21-17(20)13-7-5-4-6-8-13/h4-9H,1-3H3,(H,18,19). The molecule has 0 saturated heterocycles. The van der Waals surface area contributed by atoms with Crippen molar-refractivity contribution in [2.24, 2.45) is 0 Å². The largest absolute Gasteiger partial charge is 0.478 e. The Morgan fingerprint density at radius 3 is 2.19 bits per heavy atom. The monoisotopic (exact) mass is 284 g/mol. The number of carboxylic acid groups (broad SMARTS) is 1. The van der Waals surface area contributed by atoms with Gasteiger partial charge in [0.15, 0.2) is 0 Å². The number of hydrogen-bond donors (Lipinski definition) is 1. The molecule has 0 radical (unpaired) electrons. The highest BCUT2D eigenvalue weighted by Gasteiger charge is 2.18. The van der Waals surface area contributed by atoms with E-state index in [1.165, 1.54) is 6.07 Å². The van der Waals surface area contributed by atoms with Crippen molar-refractivity contribution in [3.05, 3.63) is 64.2 Å². The Labute approximate surface area is 123 Å². The Bertz CT molecular complexity index is 702. The lowest BCUT2D eigenvalue weighted by Crippen LogP contribution is -2.12. The van der Waals surface area contributed by atoms with Crippen LogP contribution in [0.2, 0.25) is 0 Å². The third kappa shape index (κ3) is 2.94. The number of carboxylic acids is 1. The summed E-state index contributed by atoms with van der Waals surface area (Å²) in [5.41, 5.74) is 2.57. The van der Waals surface area contributed by atoms with Gasteiger partial charge in [0.05, 0.1) is 11.1 Å². The Kier molecular flexibility index (Phi) is 4.08. The molecule has 0 unspecified atom stereocenters. The SMILES string of the molecule is Cc1cc(C(=O)O)c(C)c(C)c1OC(=O)c1ccccc1. The van der Waals surface area contributed by atoms with Crippen LogP contribution in [0.15, 0.2) is 36.4 Å². The van der Waals surface area contributed by atoms with Crippen molar-refractivity contribution in [2.45, 2.75) is 20.8 Å². The molecule has 108 valence electrons. The van der Waals surface area contributed by atoms with Gasteiger partial charge in [-0.2, -0.15) is 0 Å². The van der Waals surface area contributed by atoms with E-state index in [2.05, 4.69) is 0 Å². The number of aryl methyl sites for hydroxylation is 1. The summed E-state index contributed by atoms with van der Waals surface area (Å²) in [5.74, 6) is -1.02. The van der Waals surface area contributed by atoms with Crippen molar-refractivity contribution in [2.75, 3.05) is 0 Å². The van der Waals surface area contributed by atoms with Crippen molar-refractivity contribution in [1.29, 1.82) is 0 Å². The van der Waals surface area contributed by atoms with Crippen LogP contribution in [0.4, 0.5) is 0 Å². The molecule has 0 amide bonds. The molecule has 2 aromatic carbocycles. The highest BCUT2D eigenvalue weighted by atomic mass is 16.5. The topological polar surface area (TPSA) is 63.6 Å². The molecule has 0 spiro atoms. The predicted molar refractivity (Wildman–Crippen MR) is 79.0 cm³/mol. The van der Waals surface area contributed by atoms with Crippen LogP contribution >= 0.6 is 0 Å². The van der Waals surface area contributed by atoms with Crippen LogP contribution < -0.4 is 4.74 Å². The van der Waals surface area contributed by atoms with E-state index in [9.17, 15) is 9.59 Å². The first-order chi connectivity index (χ1) is 9.91. The number of carbonyl (C=O) groups excluding carboxylic acids is 1. The van der Waals surface area contributed by atoms with E-state index in [1.807, 2.05) is 6.07 Å². The number of hydrogen-bond acceptors (Lipinski definition) is 3. The van der Waals surface area contributed by atoms with Gasteiger partial charge in [-0.05, 0) is 55.7 Å². The summed E-state index contributed by atoms with van der Waals surface area (Å²) in [4.78, 5) is 23.3. The van der Waals surface area contributed by atoms with Gasteiger partial charge in [-0.3, -0.25) is 0 Å². The first-order valence-corrected chi connectivity index (χ1v) is 6.53. The molecule has 0 bridgehead atoms. The van der Waals surface area contributed by atoms with Gasteiger partial charge >= 0.3 is 11.9 Å². The molecule has 0 aliphatic rings. The van der Waals surface area contributed by atoms with Gasteiger partial charge in [0, 0.05) is 0 Å². The summed E-state index contributed by atoms with van der Waals surface area (Å²) in [6.45, 7) is 5.19. The molecule has 0 saturated carbocycles. The van der Waals surface area contributed by atoms with Crippen LogP contribution in [0.25, 0.3) is 0 Å². The molecule has 21 heavy (non-hydrogen) atoms. The first-order valence-electron chi connectivity index (χ1n) is 6.53. The minimum atomic E-state index is -0.986. The Balaban J connectivity index is 2.40. The lowest BCUT2D eigenvalue weighted by atomic mass is 9.98. The highest BCUT2D eigenvalue weighted by molar-refractivity contribution is 5.93. The van der Waals surface area contributed by atoms with E-state index in [0.717, 1.165) is 0 Å². The fourth-order valence-electron chi connectivity index (χ4n) is 2.16. The Morgan fingerprint density at radius 1 is 1.00 bits per heavy atom. The molecule has 0 atom stereocenters. The van der Waals surface area contributed by atoms with Crippen molar-refractivity contribution in [3.8, 4) is 5.75 Å². The van der Waals surface area contributed by atoms with Gasteiger partial charge in [-0.25, -0.2) is 9.59 Å². The van der Waals surface area contributed by atoms with Gasteiger partial charge in [0.1, 0.15) is 5.75 Å². The first kappa shape index (κ1) is 14.8. The smallest absolute Gasteiger partial charge is 0.343 e. The predicted octanol–water partition coefficient (Wildman–Crippen LogP) is 3.53. The maximum atomic E-state index is 12.1. The molecule has 1 N–H and O–H groups in total. The number of benzene rings is 2. The van der Waals surface area contributed by atoms with Crippen LogP contribution in [-0.4, -0.2) is 17.0 Å². The fourth-order valence-corrected chi connectivity index (χ4v) is 2.16. The molecule has 2 rings (SSSR count). The summed E-state index contributed by atoms with van der Waals surface area (Å²) in [7, 11) is 0. The minimum Gasteiger partial charge on any atom is -0.478 e. The molecule has 0 aliphatic carbocycles. The van der Waals surface area contributed by atoms with E-state index in [4.69, 9.17) is 9.84 Å². The molecule has 0 heterocycles. The third-order valence-corrected chi connectivity index (χ3v) is 3.46. The zero-order chi connectivity index (χ0) is 15.6. The molecule has 0 aromatic heterocycles. The molecule has 0 fully saturated rings. The maximum absolute atomic E-state index is 12.1. The van der Waals surface area contributed by atoms with Gasteiger partial charge < -0.3 is 9.84 Å². The van der Waals surface area contributed by atoms with E-state index < -0.39 is 11.9 Å². The number of esters is 1. The highest BCUT2D eigenvalue weighted by Crippen LogP contribution is 2.29. The Hall–Kier alpha value is -2.62. The van der Waals surface area contributed by atoms with Crippen LogP contribution in [-0.2, 0) is 0 Å². The number of rotatable bonds is 3. The average molecular weight is 284 g/mol. The van der Waals surface area contributed by atoms with Crippen LogP contribution in [0.1, 0.15) is 37.4 Å². The molecule has 0 aliphatic heterocycles. The quantitative estimate of drug-likeness (QED) is 0.691. The van der Waals surface area contributed by atoms with Crippen molar-refractivity contribution in [1.82, 2.24) is 0 Å². The van der Waals surface area contributed by atoms with Crippen molar-refractivity contribution >= 4 is 11.9 Å². The maximum Gasteiger partial charge on any atom is 0.343 e. The normalized spacial score (nSPS) is 10.2. The average Bonchev–Trinajstić information content (AvgIpc) is 2.47. The van der Waals surface area contributed by atoms with Crippen LogP contribution in [0.3, 0.4) is 0 Å². The number of carbonyl (C=O) groups is 2. The zero-order valence-corrected chi connectivity index (χ0v) is 12.1. The molecule has 4 heteroatoms. The number of ether oxygens (including phenoxy) is 1. The van der Waals surface area contributed by atoms with E-state index in [1.54, 1.807) is 45.0 Å². The van der Waals surface area contributed by atoms with Gasteiger partial charge in [-0.1, -0.05) is 18.2 Å². The summed E-state index contributed by atoms with van der Waals surface area (Å²) in [6, 6.07) is 10.2. The molecule has 4 nitrogen and oxygen atoms in total. The van der Waals surface area contributed by atoms with E-state index in [-0.39, 0.29) is 5.56 Å². The summed E-state index contributed by atoms with van der Waals surface area (Å²) >= 11 is 0. The van der Waals surface area contributed by atoms with E-state index in [0.29, 0.717) is 28.0 Å². The van der Waals surface area contributed by atoms with Crippen molar-refractivity contribution in [3.63, 3.8) is 0 Å². The van der Waals surface area contributed by atoms with E-state index >= 15 is 0 Å². The second kappa shape index (κ2) is 5.79. The molecule has 2 aromatic rings. The lowest BCUT2D eigenvalue weighted by Gasteiger charge is -2.14. The summed E-state index contributed by atoms with van der Waals surface area (Å²) < 4.78 is 5.45. The van der Waals surface area contributed by atoms with Gasteiger partial charge in [-0.15, -0.1) is 0 Å². The van der Waals surface area contributed by atoms with Crippen LogP contribution in [0.5, 0.6) is 5.75 Å². The second-order valence-corrected chi connectivity index (χ2v) is 4.88. The van der Waals surface area contributed by atoms with Crippen molar-refractivity contribution < 1.29 is 19.4 Å². The summed E-state index contributed by atoms with van der Waals surface area (Å²) in [5, 5.41) is 9.16. The second-order valence-electron chi connectivity index (χ2n) is 4.88. The van der Waals surface area contributed by atoms with Gasteiger partial charge in [0.2, 0.25) is 0 Å². The summed E-state index contributed by atoms with van der Waals surface area (Å²) in [6.07, 6.45) is 0. The van der Waals surface area contributed by atoms with Crippen LogP contribution in [0, 0.1) is 20.8 Å². The third-order valence-electron chi connectivity index (χ3n) is 3.46. The fraction of sp³-hybridized carbons (Fsp3) is 0.176. The van der Waals surface area contributed by atoms with Gasteiger partial charge in [0.25, 0.3) is 0 Å². The number of aromatic carboxylic acids is 1. The Morgan fingerprint density at radius 2 is 1.62 bits per heavy atom. The zero-order valence-electron chi connectivity index (χ0n) is 12.1. The molecular formula is C17H16O4. The lowest BCUT2D eigenvalue weighted by molar-refractivity contribution is 0.0695.